The Kier molecular flexibility index (Phi) is 5.44. The van der Waals surface area contributed by atoms with Crippen molar-refractivity contribution in [3.8, 4) is 22.9 Å². The Hall–Kier alpha value is -3.61. The maximum Gasteiger partial charge on any atom is 0.200 e. The van der Waals surface area contributed by atoms with Gasteiger partial charge in [-0.2, -0.15) is 5.10 Å². The highest BCUT2D eigenvalue weighted by atomic mass is 19.1. The second-order valence-corrected chi connectivity index (χ2v) is 6.00. The summed E-state index contributed by atoms with van der Waals surface area (Å²) in [6, 6.07) is 9.04. The number of aromatic nitrogens is 2. The molecule has 0 saturated heterocycles. The zero-order chi connectivity index (χ0) is 20.3. The third kappa shape index (κ3) is 3.73. The van der Waals surface area contributed by atoms with E-state index in [0.29, 0.717) is 22.5 Å². The topological polar surface area (TPSA) is 73.6 Å². The lowest BCUT2D eigenvalue weighted by molar-refractivity contribution is 0.104. The minimum atomic E-state index is -0.340. The molecular formula is C21H19FN2O4. The van der Waals surface area contributed by atoms with E-state index >= 15 is 0 Å². The van der Waals surface area contributed by atoms with Gasteiger partial charge in [0.15, 0.2) is 17.3 Å². The van der Waals surface area contributed by atoms with E-state index < -0.39 is 0 Å². The van der Waals surface area contributed by atoms with Crippen LogP contribution >= 0.6 is 0 Å². The molecule has 3 aromatic rings. The number of nitrogens with zero attached hydrogens (tertiary/aromatic N) is 2. The number of aromatic hydroxyl groups is 1. The van der Waals surface area contributed by atoms with Gasteiger partial charge >= 0.3 is 0 Å². The van der Waals surface area contributed by atoms with Crippen molar-refractivity contribution >= 4 is 11.9 Å². The molecule has 0 spiro atoms. The summed E-state index contributed by atoms with van der Waals surface area (Å²) in [6.07, 6.45) is 4.48. The number of carbonyl (C=O) groups excluding carboxylic acids is 1. The Balaban J connectivity index is 1.87. The van der Waals surface area contributed by atoms with Crippen LogP contribution in [0.1, 0.15) is 21.6 Å². The van der Waals surface area contributed by atoms with Gasteiger partial charge in [-0.25, -0.2) is 9.07 Å². The molecule has 2 aromatic carbocycles. The van der Waals surface area contributed by atoms with Crippen molar-refractivity contribution in [2.45, 2.75) is 6.92 Å². The molecule has 0 unspecified atom stereocenters. The van der Waals surface area contributed by atoms with E-state index in [4.69, 9.17) is 9.47 Å². The maximum absolute atomic E-state index is 13.1. The summed E-state index contributed by atoms with van der Waals surface area (Å²) in [5.41, 5.74) is 2.36. The molecule has 28 heavy (non-hydrogen) atoms. The minimum absolute atomic E-state index is 0.107. The molecular weight excluding hydrogens is 363 g/mol. The van der Waals surface area contributed by atoms with E-state index in [1.165, 1.54) is 38.6 Å². The summed E-state index contributed by atoms with van der Waals surface area (Å²) in [4.78, 5) is 12.6. The zero-order valence-electron chi connectivity index (χ0n) is 15.6. The zero-order valence-corrected chi connectivity index (χ0v) is 15.6. The second kappa shape index (κ2) is 7.96. The summed E-state index contributed by atoms with van der Waals surface area (Å²) in [6.45, 7) is 1.77. The molecule has 1 N–H and O–H groups in total. The smallest absolute Gasteiger partial charge is 0.200 e. The largest absolute Gasteiger partial charge is 0.502 e. The Morgan fingerprint density at radius 3 is 2.32 bits per heavy atom. The van der Waals surface area contributed by atoms with Crippen molar-refractivity contribution in [3.63, 3.8) is 0 Å². The van der Waals surface area contributed by atoms with Gasteiger partial charge in [0.05, 0.1) is 37.4 Å². The first-order chi connectivity index (χ1) is 13.4. The van der Waals surface area contributed by atoms with Gasteiger partial charge in [-0.15, -0.1) is 0 Å². The number of rotatable bonds is 6. The van der Waals surface area contributed by atoms with E-state index in [1.54, 1.807) is 41.9 Å². The van der Waals surface area contributed by atoms with Gasteiger partial charge in [0.25, 0.3) is 0 Å². The monoisotopic (exact) mass is 382 g/mol. The predicted octanol–water partition coefficient (Wildman–Crippen LogP) is 3.94. The van der Waals surface area contributed by atoms with E-state index in [0.717, 1.165) is 0 Å². The lowest BCUT2D eigenvalue weighted by atomic mass is 10.1. The molecule has 0 amide bonds. The highest BCUT2D eigenvalue weighted by Gasteiger charge is 2.14. The van der Waals surface area contributed by atoms with Gasteiger partial charge in [0.2, 0.25) is 5.75 Å². The molecule has 0 bridgehead atoms. The fourth-order valence-corrected chi connectivity index (χ4v) is 2.77. The third-order valence-corrected chi connectivity index (χ3v) is 4.28. The average molecular weight is 382 g/mol. The molecule has 0 aliphatic heterocycles. The molecule has 1 heterocycles. The molecule has 0 fully saturated rings. The van der Waals surface area contributed by atoms with Gasteiger partial charge < -0.3 is 14.6 Å². The van der Waals surface area contributed by atoms with Gasteiger partial charge in [-0.1, -0.05) is 6.08 Å². The SMILES string of the molecule is COc1cc(C=CC(=O)c2cnn(-c3ccc(F)cc3)c2C)cc(OC)c1O. The maximum atomic E-state index is 13.1. The number of phenols is 1. The fraction of sp³-hybridized carbons (Fsp3) is 0.143. The third-order valence-electron chi connectivity index (χ3n) is 4.28. The van der Waals surface area contributed by atoms with Crippen molar-refractivity contribution in [2.24, 2.45) is 0 Å². The predicted molar refractivity (Wildman–Crippen MR) is 103 cm³/mol. The second-order valence-electron chi connectivity index (χ2n) is 6.00. The van der Waals surface area contributed by atoms with Crippen molar-refractivity contribution in [3.05, 3.63) is 71.3 Å². The van der Waals surface area contributed by atoms with Gasteiger partial charge in [-0.05, 0) is 55.0 Å². The molecule has 0 aliphatic rings. The fourth-order valence-electron chi connectivity index (χ4n) is 2.77. The van der Waals surface area contributed by atoms with Crippen molar-refractivity contribution in [1.82, 2.24) is 9.78 Å². The average Bonchev–Trinajstić information content (AvgIpc) is 3.09. The highest BCUT2D eigenvalue weighted by molar-refractivity contribution is 6.07. The van der Waals surface area contributed by atoms with E-state index in [9.17, 15) is 14.3 Å². The molecule has 0 aliphatic carbocycles. The Labute approximate surface area is 161 Å². The summed E-state index contributed by atoms with van der Waals surface area (Å²) < 4.78 is 24.9. The normalized spacial score (nSPS) is 11.0. The van der Waals surface area contributed by atoms with Crippen LogP contribution in [-0.4, -0.2) is 34.9 Å². The number of methoxy groups -OCH3 is 2. The quantitative estimate of drug-likeness (QED) is 0.516. The number of hydrogen-bond donors (Lipinski definition) is 1. The van der Waals surface area contributed by atoms with Crippen LogP contribution in [0, 0.1) is 12.7 Å². The molecule has 7 heteroatoms. The summed E-state index contributed by atoms with van der Waals surface area (Å²) >= 11 is 0. The molecule has 3 rings (SSSR count). The number of ketones is 1. The molecule has 144 valence electrons. The van der Waals surface area contributed by atoms with Crippen LogP contribution in [0.5, 0.6) is 17.2 Å². The van der Waals surface area contributed by atoms with Crippen LogP contribution in [-0.2, 0) is 0 Å². The lowest BCUT2D eigenvalue weighted by Gasteiger charge is -2.09. The standard InChI is InChI=1S/C21H19FN2O4/c1-13-17(12-23-24(13)16-7-5-15(22)6-8-16)18(25)9-4-14-10-19(27-2)21(26)20(11-14)28-3/h4-12,26H,1-3H3. The first-order valence-electron chi connectivity index (χ1n) is 8.42. The first-order valence-corrected chi connectivity index (χ1v) is 8.42. The highest BCUT2D eigenvalue weighted by Crippen LogP contribution is 2.37. The number of halogens is 1. The van der Waals surface area contributed by atoms with Crippen LogP contribution in [0.3, 0.4) is 0 Å². The number of carbonyl (C=O) groups is 1. The molecule has 0 radical (unpaired) electrons. The molecule has 0 saturated carbocycles. The summed E-state index contributed by atoms with van der Waals surface area (Å²) in [5, 5.41) is 14.2. The van der Waals surface area contributed by atoms with Crippen molar-refractivity contribution in [1.29, 1.82) is 0 Å². The van der Waals surface area contributed by atoms with Crippen LogP contribution in [0.25, 0.3) is 11.8 Å². The lowest BCUT2D eigenvalue weighted by Crippen LogP contribution is -2.01. The molecule has 0 atom stereocenters. The van der Waals surface area contributed by atoms with Crippen LogP contribution < -0.4 is 9.47 Å². The number of ether oxygens (including phenoxy) is 2. The van der Waals surface area contributed by atoms with Crippen LogP contribution in [0.4, 0.5) is 4.39 Å². The van der Waals surface area contributed by atoms with Crippen molar-refractivity contribution < 1.29 is 23.8 Å². The van der Waals surface area contributed by atoms with Crippen molar-refractivity contribution in [2.75, 3.05) is 14.2 Å². The van der Waals surface area contributed by atoms with E-state index in [-0.39, 0.29) is 28.8 Å². The molecule has 6 nitrogen and oxygen atoms in total. The number of allylic oxidation sites excluding steroid dienone is 1. The van der Waals surface area contributed by atoms with Crippen LogP contribution in [0.15, 0.2) is 48.7 Å². The summed E-state index contributed by atoms with van der Waals surface area (Å²) in [5.74, 6) is -0.201. The van der Waals surface area contributed by atoms with Gasteiger partial charge in [0.1, 0.15) is 5.82 Å². The van der Waals surface area contributed by atoms with E-state index in [1.807, 2.05) is 0 Å². The van der Waals surface area contributed by atoms with E-state index in [2.05, 4.69) is 5.10 Å². The minimum Gasteiger partial charge on any atom is -0.502 e. The summed E-state index contributed by atoms with van der Waals surface area (Å²) in [7, 11) is 2.86. The number of benzene rings is 2. The number of phenolic OH excluding ortho intramolecular Hbond substituents is 1. The Morgan fingerprint density at radius 2 is 1.75 bits per heavy atom. The Morgan fingerprint density at radius 1 is 1.14 bits per heavy atom. The van der Waals surface area contributed by atoms with Crippen LogP contribution in [0.2, 0.25) is 0 Å². The number of hydrogen-bond acceptors (Lipinski definition) is 5. The van der Waals surface area contributed by atoms with Gasteiger partial charge in [-0.3, -0.25) is 4.79 Å². The Bertz CT molecular complexity index is 1010. The first kappa shape index (κ1) is 19.2. The van der Waals surface area contributed by atoms with Gasteiger partial charge in [0, 0.05) is 0 Å². The molecule has 1 aromatic heterocycles.